The lowest BCUT2D eigenvalue weighted by Crippen LogP contribution is -2.06. The molecular weight excluding hydrogens is 192 g/mol. The van der Waals surface area contributed by atoms with Crippen LogP contribution in [0.1, 0.15) is 16.9 Å². The summed E-state index contributed by atoms with van der Waals surface area (Å²) < 4.78 is 4.56. The lowest BCUT2D eigenvalue weighted by atomic mass is 10.3. The molecule has 0 bridgehead atoms. The summed E-state index contributed by atoms with van der Waals surface area (Å²) in [6.45, 7) is 0.668. The number of hydrogen-bond acceptors (Lipinski definition) is 4. The fourth-order valence-electron chi connectivity index (χ4n) is 1.04. The van der Waals surface area contributed by atoms with Crippen molar-refractivity contribution >= 4 is 11.7 Å². The van der Waals surface area contributed by atoms with Crippen LogP contribution in [0.4, 0.5) is 5.69 Å². The lowest BCUT2D eigenvalue weighted by Gasteiger charge is -2.04. The highest BCUT2D eigenvalue weighted by atomic mass is 16.5. The molecule has 1 N–H and O–H groups in total. The number of ether oxygens (including phenoxy) is 1. The van der Waals surface area contributed by atoms with E-state index in [0.29, 0.717) is 13.0 Å². The molecule has 4 heteroatoms. The summed E-state index contributed by atoms with van der Waals surface area (Å²) >= 11 is 0. The van der Waals surface area contributed by atoms with Crippen molar-refractivity contribution < 1.29 is 9.53 Å². The standard InChI is InChI=1S/C11H12N2O2/c1-3-4-6-12-9-5-7-13-10(8-9)11(14)15-2/h1,5,7-8H,4,6H2,2H3,(H,12,13). The number of methoxy groups -OCH3 is 1. The van der Waals surface area contributed by atoms with Crippen LogP contribution >= 0.6 is 0 Å². The number of terminal acetylenes is 1. The number of anilines is 1. The van der Waals surface area contributed by atoms with E-state index in [0.717, 1.165) is 5.69 Å². The van der Waals surface area contributed by atoms with Gasteiger partial charge in [0.05, 0.1) is 7.11 Å². The van der Waals surface area contributed by atoms with Crippen LogP contribution in [0.25, 0.3) is 0 Å². The maximum atomic E-state index is 11.2. The summed E-state index contributed by atoms with van der Waals surface area (Å²) in [7, 11) is 1.32. The maximum absolute atomic E-state index is 11.2. The fourth-order valence-corrected chi connectivity index (χ4v) is 1.04. The molecule has 0 saturated carbocycles. The second kappa shape index (κ2) is 5.66. The van der Waals surface area contributed by atoms with Gasteiger partial charge in [0.2, 0.25) is 0 Å². The number of pyridine rings is 1. The summed E-state index contributed by atoms with van der Waals surface area (Å²) in [5.41, 5.74) is 1.09. The summed E-state index contributed by atoms with van der Waals surface area (Å²) in [5.74, 6) is 2.07. The van der Waals surface area contributed by atoms with Crippen LogP contribution in [-0.2, 0) is 4.74 Å². The molecule has 1 aromatic heterocycles. The van der Waals surface area contributed by atoms with Crippen LogP contribution in [0.2, 0.25) is 0 Å². The van der Waals surface area contributed by atoms with Gasteiger partial charge in [0.1, 0.15) is 5.69 Å². The number of esters is 1. The predicted octanol–water partition coefficient (Wildman–Crippen LogP) is 1.30. The maximum Gasteiger partial charge on any atom is 0.356 e. The molecule has 0 aliphatic carbocycles. The van der Waals surface area contributed by atoms with Gasteiger partial charge in [-0.15, -0.1) is 12.3 Å². The molecule has 0 amide bonds. The monoisotopic (exact) mass is 204 g/mol. The number of carbonyl (C=O) groups is 1. The number of rotatable bonds is 4. The van der Waals surface area contributed by atoms with Gasteiger partial charge in [0.15, 0.2) is 0 Å². The summed E-state index contributed by atoms with van der Waals surface area (Å²) in [4.78, 5) is 15.0. The molecule has 1 aromatic rings. The van der Waals surface area contributed by atoms with E-state index in [9.17, 15) is 4.79 Å². The van der Waals surface area contributed by atoms with Gasteiger partial charge in [-0.1, -0.05) is 0 Å². The molecule has 4 nitrogen and oxygen atoms in total. The Morgan fingerprint density at radius 2 is 2.53 bits per heavy atom. The molecule has 0 spiro atoms. The van der Waals surface area contributed by atoms with Crippen molar-refractivity contribution in [3.63, 3.8) is 0 Å². The first kappa shape index (κ1) is 11.1. The van der Waals surface area contributed by atoms with E-state index in [1.165, 1.54) is 7.11 Å². The Morgan fingerprint density at radius 3 is 3.20 bits per heavy atom. The number of nitrogens with one attached hydrogen (secondary N) is 1. The molecule has 15 heavy (non-hydrogen) atoms. The van der Waals surface area contributed by atoms with Crippen LogP contribution in [0.5, 0.6) is 0 Å². The van der Waals surface area contributed by atoms with Gasteiger partial charge >= 0.3 is 5.97 Å². The quantitative estimate of drug-likeness (QED) is 0.456. The minimum absolute atomic E-state index is 0.281. The fraction of sp³-hybridized carbons (Fsp3) is 0.273. The Hall–Kier alpha value is -2.02. The Bertz CT molecular complexity index is 382. The van der Waals surface area contributed by atoms with E-state index < -0.39 is 5.97 Å². The van der Waals surface area contributed by atoms with Gasteiger partial charge in [0, 0.05) is 24.8 Å². The lowest BCUT2D eigenvalue weighted by molar-refractivity contribution is 0.0594. The van der Waals surface area contributed by atoms with E-state index in [-0.39, 0.29) is 5.69 Å². The third-order valence-electron chi connectivity index (χ3n) is 1.75. The van der Waals surface area contributed by atoms with Crippen LogP contribution in [0.15, 0.2) is 18.3 Å². The van der Waals surface area contributed by atoms with Crippen LogP contribution in [0.3, 0.4) is 0 Å². The zero-order valence-electron chi connectivity index (χ0n) is 8.49. The molecule has 0 atom stereocenters. The Morgan fingerprint density at radius 1 is 1.73 bits per heavy atom. The summed E-state index contributed by atoms with van der Waals surface area (Å²) in [5, 5.41) is 3.07. The average Bonchev–Trinajstić information content (AvgIpc) is 2.29. The highest BCUT2D eigenvalue weighted by molar-refractivity contribution is 5.88. The van der Waals surface area contributed by atoms with Crippen molar-refractivity contribution in [3.8, 4) is 12.3 Å². The SMILES string of the molecule is C#CCCNc1ccnc(C(=O)OC)c1. The van der Waals surface area contributed by atoms with Crippen LogP contribution < -0.4 is 5.32 Å². The predicted molar refractivity (Wildman–Crippen MR) is 57.5 cm³/mol. The van der Waals surface area contributed by atoms with Crippen molar-refractivity contribution in [1.82, 2.24) is 4.98 Å². The van der Waals surface area contributed by atoms with E-state index in [4.69, 9.17) is 6.42 Å². The normalized spacial score (nSPS) is 9.07. The van der Waals surface area contributed by atoms with Crippen molar-refractivity contribution in [2.75, 3.05) is 19.0 Å². The zero-order valence-corrected chi connectivity index (χ0v) is 8.49. The van der Waals surface area contributed by atoms with Gasteiger partial charge < -0.3 is 10.1 Å². The summed E-state index contributed by atoms with van der Waals surface area (Å²) in [6.07, 6.45) is 7.30. The van der Waals surface area contributed by atoms with Crippen molar-refractivity contribution in [1.29, 1.82) is 0 Å². The first-order valence-corrected chi connectivity index (χ1v) is 4.49. The molecule has 0 aliphatic rings. The third-order valence-corrected chi connectivity index (χ3v) is 1.75. The average molecular weight is 204 g/mol. The number of carbonyl (C=O) groups excluding carboxylic acids is 1. The van der Waals surface area contributed by atoms with Crippen molar-refractivity contribution in [2.45, 2.75) is 6.42 Å². The number of nitrogens with zero attached hydrogens (tertiary/aromatic N) is 1. The Labute approximate surface area is 88.7 Å². The molecule has 0 aromatic carbocycles. The van der Waals surface area contributed by atoms with Gasteiger partial charge in [0.25, 0.3) is 0 Å². The molecule has 0 radical (unpaired) electrons. The molecule has 78 valence electrons. The van der Waals surface area contributed by atoms with Gasteiger partial charge in [-0.2, -0.15) is 0 Å². The second-order valence-corrected chi connectivity index (χ2v) is 2.80. The van der Waals surface area contributed by atoms with Crippen molar-refractivity contribution in [3.05, 3.63) is 24.0 Å². The molecular formula is C11H12N2O2. The van der Waals surface area contributed by atoms with Crippen LogP contribution in [-0.4, -0.2) is 24.6 Å². The Kier molecular flexibility index (Phi) is 4.17. The second-order valence-electron chi connectivity index (χ2n) is 2.80. The zero-order chi connectivity index (χ0) is 11.1. The highest BCUT2D eigenvalue weighted by Crippen LogP contribution is 2.08. The third kappa shape index (κ3) is 3.31. The van der Waals surface area contributed by atoms with E-state index in [1.807, 2.05) is 0 Å². The van der Waals surface area contributed by atoms with Crippen molar-refractivity contribution in [2.24, 2.45) is 0 Å². The van der Waals surface area contributed by atoms with Gasteiger partial charge in [-0.05, 0) is 12.1 Å². The van der Waals surface area contributed by atoms with Gasteiger partial charge in [-0.3, -0.25) is 0 Å². The molecule has 0 unspecified atom stereocenters. The van der Waals surface area contributed by atoms with E-state index >= 15 is 0 Å². The highest BCUT2D eigenvalue weighted by Gasteiger charge is 2.06. The molecule has 1 rings (SSSR count). The van der Waals surface area contributed by atoms with Gasteiger partial charge in [-0.25, -0.2) is 9.78 Å². The first-order valence-electron chi connectivity index (χ1n) is 4.49. The minimum Gasteiger partial charge on any atom is -0.464 e. The number of hydrogen-bond donors (Lipinski definition) is 1. The topological polar surface area (TPSA) is 51.2 Å². The molecule has 1 heterocycles. The smallest absolute Gasteiger partial charge is 0.356 e. The minimum atomic E-state index is -0.449. The first-order chi connectivity index (χ1) is 7.27. The largest absolute Gasteiger partial charge is 0.464 e. The summed E-state index contributed by atoms with van der Waals surface area (Å²) in [6, 6.07) is 3.39. The molecule has 0 fully saturated rings. The van der Waals surface area contributed by atoms with E-state index in [1.54, 1.807) is 18.3 Å². The molecule has 0 aliphatic heterocycles. The number of aromatic nitrogens is 1. The van der Waals surface area contributed by atoms with E-state index in [2.05, 4.69) is 21.0 Å². The Balaban J connectivity index is 2.66. The molecule has 0 saturated heterocycles. The van der Waals surface area contributed by atoms with Crippen LogP contribution in [0, 0.1) is 12.3 Å².